The second kappa shape index (κ2) is 6.26. The van der Waals surface area contributed by atoms with Crippen molar-refractivity contribution in [3.05, 3.63) is 60.9 Å². The van der Waals surface area contributed by atoms with Crippen molar-refractivity contribution in [2.24, 2.45) is 0 Å². The smallest absolute Gasteiger partial charge is 0.131 e. The van der Waals surface area contributed by atoms with Crippen LogP contribution in [0.25, 0.3) is 22.5 Å². The van der Waals surface area contributed by atoms with Gasteiger partial charge in [-0.15, -0.1) is 0 Å². The molecule has 0 aliphatic carbocycles. The molecule has 0 aliphatic heterocycles. The summed E-state index contributed by atoms with van der Waals surface area (Å²) < 4.78 is 11.0. The van der Waals surface area contributed by atoms with Gasteiger partial charge in [0.2, 0.25) is 0 Å². The summed E-state index contributed by atoms with van der Waals surface area (Å²) >= 11 is 0. The fourth-order valence-electron chi connectivity index (χ4n) is 2.34. The minimum absolute atomic E-state index is 0.718. The molecule has 0 spiro atoms. The van der Waals surface area contributed by atoms with Crippen molar-refractivity contribution >= 4 is 0 Å². The number of hydrogen-bond donors (Lipinski definition) is 0. The van der Waals surface area contributed by atoms with Crippen LogP contribution in [0, 0.1) is 0 Å². The molecule has 0 fully saturated rings. The highest BCUT2D eigenvalue weighted by Crippen LogP contribution is 2.39. The van der Waals surface area contributed by atoms with Crippen LogP contribution >= 0.6 is 0 Å². The maximum Gasteiger partial charge on any atom is 0.131 e. The summed E-state index contributed by atoms with van der Waals surface area (Å²) in [6.07, 6.45) is 3.53. The first-order chi connectivity index (χ1) is 10.8. The Hall–Kier alpha value is -2.88. The van der Waals surface area contributed by atoms with E-state index in [1.165, 1.54) is 0 Å². The van der Waals surface area contributed by atoms with Gasteiger partial charge in [-0.1, -0.05) is 12.1 Å². The number of hydrogen-bond acceptors (Lipinski definition) is 4. The standard InChI is InChI=1S/C18H16N2O2/c1-21-17-12-18(22-2)14(16-8-4-6-10-20-16)11-13(17)15-7-3-5-9-19-15/h3-12H,1-2H3. The Labute approximate surface area is 129 Å². The third-order valence-corrected chi connectivity index (χ3v) is 3.40. The second-order valence-electron chi connectivity index (χ2n) is 4.68. The van der Waals surface area contributed by atoms with Crippen LogP contribution in [-0.2, 0) is 0 Å². The van der Waals surface area contributed by atoms with Crippen molar-refractivity contribution in [1.29, 1.82) is 0 Å². The molecule has 0 amide bonds. The van der Waals surface area contributed by atoms with Crippen LogP contribution in [0.5, 0.6) is 11.5 Å². The van der Waals surface area contributed by atoms with Crippen molar-refractivity contribution in [2.75, 3.05) is 14.2 Å². The first-order valence-corrected chi connectivity index (χ1v) is 6.92. The van der Waals surface area contributed by atoms with E-state index in [1.807, 2.05) is 48.5 Å². The number of methoxy groups -OCH3 is 2. The topological polar surface area (TPSA) is 44.2 Å². The Morgan fingerprint density at radius 1 is 0.682 bits per heavy atom. The van der Waals surface area contributed by atoms with E-state index < -0.39 is 0 Å². The van der Waals surface area contributed by atoms with Crippen molar-refractivity contribution in [3.8, 4) is 34.0 Å². The van der Waals surface area contributed by atoms with Gasteiger partial charge in [0.15, 0.2) is 0 Å². The molecule has 22 heavy (non-hydrogen) atoms. The van der Waals surface area contributed by atoms with Gasteiger partial charge in [0.05, 0.1) is 25.6 Å². The molecule has 4 heteroatoms. The predicted octanol–water partition coefficient (Wildman–Crippen LogP) is 3.83. The van der Waals surface area contributed by atoms with Crippen LogP contribution < -0.4 is 9.47 Å². The largest absolute Gasteiger partial charge is 0.496 e. The molecule has 0 unspecified atom stereocenters. The molecule has 110 valence electrons. The van der Waals surface area contributed by atoms with Gasteiger partial charge in [0.1, 0.15) is 11.5 Å². The normalized spacial score (nSPS) is 10.3. The minimum Gasteiger partial charge on any atom is -0.496 e. The zero-order chi connectivity index (χ0) is 15.4. The zero-order valence-corrected chi connectivity index (χ0v) is 12.5. The summed E-state index contributed by atoms with van der Waals surface area (Å²) in [6, 6.07) is 15.5. The van der Waals surface area contributed by atoms with Crippen LogP contribution in [0.2, 0.25) is 0 Å². The molecule has 0 N–H and O–H groups in total. The first-order valence-electron chi connectivity index (χ1n) is 6.92. The average Bonchev–Trinajstić information content (AvgIpc) is 2.62. The van der Waals surface area contributed by atoms with E-state index in [4.69, 9.17) is 9.47 Å². The Bertz CT molecular complexity index is 696. The number of rotatable bonds is 4. The van der Waals surface area contributed by atoms with Gasteiger partial charge >= 0.3 is 0 Å². The minimum atomic E-state index is 0.718. The number of pyridine rings is 2. The number of ether oxygens (including phenoxy) is 2. The molecule has 2 heterocycles. The summed E-state index contributed by atoms with van der Waals surface area (Å²) in [5.41, 5.74) is 3.51. The van der Waals surface area contributed by atoms with Gasteiger partial charge in [0, 0.05) is 29.6 Å². The second-order valence-corrected chi connectivity index (χ2v) is 4.68. The SMILES string of the molecule is COc1cc(OC)c(-c2ccccn2)cc1-c1ccccn1. The van der Waals surface area contributed by atoms with Gasteiger partial charge in [-0.3, -0.25) is 9.97 Å². The predicted molar refractivity (Wildman–Crippen MR) is 86.0 cm³/mol. The Morgan fingerprint density at radius 3 is 1.55 bits per heavy atom. The van der Waals surface area contributed by atoms with Crippen LogP contribution in [0.15, 0.2) is 60.9 Å². The third-order valence-electron chi connectivity index (χ3n) is 3.40. The van der Waals surface area contributed by atoms with Crippen molar-refractivity contribution in [3.63, 3.8) is 0 Å². The first kappa shape index (κ1) is 14.1. The van der Waals surface area contributed by atoms with E-state index in [-0.39, 0.29) is 0 Å². The highest BCUT2D eigenvalue weighted by atomic mass is 16.5. The number of benzene rings is 1. The molecule has 3 rings (SSSR count). The lowest BCUT2D eigenvalue weighted by Gasteiger charge is -2.14. The Kier molecular flexibility index (Phi) is 4.01. The molecule has 0 bridgehead atoms. The third kappa shape index (κ3) is 2.63. The van der Waals surface area contributed by atoms with E-state index in [2.05, 4.69) is 9.97 Å². The number of aromatic nitrogens is 2. The molecule has 2 aromatic heterocycles. The summed E-state index contributed by atoms with van der Waals surface area (Å²) in [7, 11) is 3.28. The van der Waals surface area contributed by atoms with Crippen LogP contribution in [-0.4, -0.2) is 24.2 Å². The van der Waals surface area contributed by atoms with E-state index in [0.717, 1.165) is 34.0 Å². The van der Waals surface area contributed by atoms with Gasteiger partial charge in [-0.2, -0.15) is 0 Å². The lowest BCUT2D eigenvalue weighted by Crippen LogP contribution is -1.95. The maximum absolute atomic E-state index is 5.49. The maximum atomic E-state index is 5.49. The molecular formula is C18H16N2O2. The summed E-state index contributed by atoms with van der Waals surface area (Å²) in [5.74, 6) is 1.44. The molecule has 3 aromatic rings. The highest BCUT2D eigenvalue weighted by molar-refractivity contribution is 5.79. The molecule has 0 saturated carbocycles. The summed E-state index contributed by atoms with van der Waals surface area (Å²) in [6.45, 7) is 0. The van der Waals surface area contributed by atoms with E-state index in [1.54, 1.807) is 26.6 Å². The quantitative estimate of drug-likeness (QED) is 0.733. The van der Waals surface area contributed by atoms with Crippen molar-refractivity contribution < 1.29 is 9.47 Å². The van der Waals surface area contributed by atoms with Crippen LogP contribution in [0.4, 0.5) is 0 Å². The molecule has 0 aliphatic rings. The fourth-order valence-corrected chi connectivity index (χ4v) is 2.34. The van der Waals surface area contributed by atoms with E-state index >= 15 is 0 Å². The Morgan fingerprint density at radius 2 is 1.18 bits per heavy atom. The summed E-state index contributed by atoms with van der Waals surface area (Å²) in [4.78, 5) is 8.81. The Balaban J connectivity index is 2.22. The monoisotopic (exact) mass is 292 g/mol. The lowest BCUT2D eigenvalue weighted by molar-refractivity contribution is 0.396. The van der Waals surface area contributed by atoms with Gasteiger partial charge in [0.25, 0.3) is 0 Å². The average molecular weight is 292 g/mol. The molecular weight excluding hydrogens is 276 g/mol. The van der Waals surface area contributed by atoms with Gasteiger partial charge in [-0.05, 0) is 30.3 Å². The molecule has 0 radical (unpaired) electrons. The van der Waals surface area contributed by atoms with Crippen LogP contribution in [0.1, 0.15) is 0 Å². The summed E-state index contributed by atoms with van der Waals surface area (Å²) in [5, 5.41) is 0. The van der Waals surface area contributed by atoms with Crippen LogP contribution in [0.3, 0.4) is 0 Å². The molecule has 1 aromatic carbocycles. The van der Waals surface area contributed by atoms with Gasteiger partial charge < -0.3 is 9.47 Å². The molecule has 0 saturated heterocycles. The molecule has 4 nitrogen and oxygen atoms in total. The van der Waals surface area contributed by atoms with Gasteiger partial charge in [-0.25, -0.2) is 0 Å². The lowest BCUT2D eigenvalue weighted by atomic mass is 10.0. The zero-order valence-electron chi connectivity index (χ0n) is 12.5. The fraction of sp³-hybridized carbons (Fsp3) is 0.111. The van der Waals surface area contributed by atoms with E-state index in [0.29, 0.717) is 0 Å². The van der Waals surface area contributed by atoms with Crippen molar-refractivity contribution in [2.45, 2.75) is 0 Å². The molecule has 0 atom stereocenters. The highest BCUT2D eigenvalue weighted by Gasteiger charge is 2.15. The number of nitrogens with zero attached hydrogens (tertiary/aromatic N) is 2. The van der Waals surface area contributed by atoms with E-state index in [9.17, 15) is 0 Å². The van der Waals surface area contributed by atoms with Crippen molar-refractivity contribution in [1.82, 2.24) is 9.97 Å².